The zero-order chi connectivity index (χ0) is 18.9. The summed E-state index contributed by atoms with van der Waals surface area (Å²) in [7, 11) is 2.17. The van der Waals surface area contributed by atoms with Crippen molar-refractivity contribution in [3.05, 3.63) is 35.9 Å². The molecule has 0 saturated carbocycles. The third kappa shape index (κ3) is 5.80. The number of esters is 1. The minimum Gasteiger partial charge on any atom is -0.462 e. The molecule has 0 aliphatic carbocycles. The maximum atomic E-state index is 12.4. The molecule has 1 aromatic rings. The van der Waals surface area contributed by atoms with Crippen LogP contribution in [0.1, 0.15) is 56.9 Å². The van der Waals surface area contributed by atoms with Crippen molar-refractivity contribution in [2.45, 2.75) is 69.6 Å². The lowest BCUT2D eigenvalue weighted by atomic mass is 9.98. The number of carbonyl (C=O) groups excluding carboxylic acids is 1. The van der Waals surface area contributed by atoms with Gasteiger partial charge >= 0.3 is 5.97 Å². The average Bonchev–Trinajstić information content (AvgIpc) is 2.85. The highest BCUT2D eigenvalue weighted by Gasteiger charge is 2.40. The molecule has 2 heterocycles. The number of halogens is 1. The molecule has 2 saturated heterocycles. The summed E-state index contributed by atoms with van der Waals surface area (Å²) in [5.74, 6) is -0.860. The fraction of sp³-hybridized carbons (Fsp3) is 0.667. The van der Waals surface area contributed by atoms with Crippen molar-refractivity contribution in [1.82, 2.24) is 4.90 Å². The smallest absolute Gasteiger partial charge is 0.316 e. The number of hydrogen-bond donors (Lipinski definition) is 1. The second-order valence-corrected chi connectivity index (χ2v) is 8.06. The molecule has 3 atom stereocenters. The van der Waals surface area contributed by atoms with Crippen LogP contribution in [-0.4, -0.2) is 53.1 Å². The first-order chi connectivity index (χ1) is 12.6. The molecule has 2 aliphatic rings. The van der Waals surface area contributed by atoms with Gasteiger partial charge in [0.15, 0.2) is 0 Å². The van der Waals surface area contributed by atoms with Gasteiger partial charge in [0, 0.05) is 17.4 Å². The van der Waals surface area contributed by atoms with Crippen LogP contribution in [0, 0.1) is 0 Å². The van der Waals surface area contributed by atoms with Crippen LogP contribution < -0.4 is 0 Å². The van der Waals surface area contributed by atoms with E-state index < -0.39 is 5.92 Å². The van der Waals surface area contributed by atoms with Crippen molar-refractivity contribution in [3.8, 4) is 0 Å². The number of aliphatic hydroxyl groups is 1. The second-order valence-electron chi connectivity index (χ2n) is 7.27. The molecular weight excluding hydrogens is 394 g/mol. The molecule has 1 N–H and O–H groups in total. The molecule has 26 heavy (non-hydrogen) atoms. The molecule has 146 valence electrons. The molecule has 0 amide bonds. The molecule has 2 aliphatic heterocycles. The predicted molar refractivity (Wildman–Crippen MR) is 109 cm³/mol. The van der Waals surface area contributed by atoms with Gasteiger partial charge in [-0.3, -0.25) is 4.79 Å². The SMILES string of the molecule is CCCCBr.CN1C2CCC1CC(OC(=O)C(CO)c1ccccc1)C2. The number of piperidine rings is 1. The molecule has 0 radical (unpaired) electrons. The Labute approximate surface area is 166 Å². The van der Waals surface area contributed by atoms with Gasteiger partial charge in [-0.25, -0.2) is 0 Å². The molecule has 3 unspecified atom stereocenters. The van der Waals surface area contributed by atoms with Gasteiger partial charge in [-0.2, -0.15) is 0 Å². The van der Waals surface area contributed by atoms with E-state index in [1.807, 2.05) is 30.3 Å². The Hall–Kier alpha value is -0.910. The third-order valence-electron chi connectivity index (χ3n) is 5.49. The van der Waals surface area contributed by atoms with E-state index in [1.54, 1.807) is 0 Å². The summed E-state index contributed by atoms with van der Waals surface area (Å²) >= 11 is 3.31. The van der Waals surface area contributed by atoms with Crippen molar-refractivity contribution in [1.29, 1.82) is 0 Å². The molecule has 4 nitrogen and oxygen atoms in total. The van der Waals surface area contributed by atoms with Crippen LogP contribution >= 0.6 is 15.9 Å². The molecule has 0 aromatic heterocycles. The van der Waals surface area contributed by atoms with Gasteiger partial charge < -0.3 is 14.7 Å². The van der Waals surface area contributed by atoms with Crippen LogP contribution in [0.5, 0.6) is 0 Å². The van der Waals surface area contributed by atoms with E-state index in [9.17, 15) is 9.90 Å². The van der Waals surface area contributed by atoms with Crippen LogP contribution in [-0.2, 0) is 9.53 Å². The number of benzene rings is 1. The Morgan fingerprint density at radius 1 is 1.27 bits per heavy atom. The van der Waals surface area contributed by atoms with Gasteiger partial charge in [0.1, 0.15) is 12.0 Å². The number of aliphatic hydroxyl groups excluding tert-OH is 1. The van der Waals surface area contributed by atoms with Crippen molar-refractivity contribution >= 4 is 21.9 Å². The Morgan fingerprint density at radius 2 is 1.88 bits per heavy atom. The first-order valence-corrected chi connectivity index (χ1v) is 10.9. The number of hydrogen-bond acceptors (Lipinski definition) is 4. The molecule has 0 spiro atoms. The number of fused-ring (bicyclic) bond motifs is 2. The van der Waals surface area contributed by atoms with Crippen LogP contribution in [0.3, 0.4) is 0 Å². The molecule has 2 fully saturated rings. The zero-order valence-corrected chi connectivity index (χ0v) is 17.5. The number of carbonyl (C=O) groups is 1. The van der Waals surface area contributed by atoms with Crippen molar-refractivity contribution in [2.75, 3.05) is 19.0 Å². The predicted octanol–water partition coefficient (Wildman–Crippen LogP) is 4.11. The van der Waals surface area contributed by atoms with Crippen LogP contribution in [0.4, 0.5) is 0 Å². The molecular formula is C21H32BrNO3. The van der Waals surface area contributed by atoms with Gasteiger partial charge in [-0.1, -0.05) is 59.6 Å². The van der Waals surface area contributed by atoms with E-state index in [0.29, 0.717) is 12.1 Å². The lowest BCUT2D eigenvalue weighted by Gasteiger charge is -2.36. The molecule has 2 bridgehead atoms. The van der Waals surface area contributed by atoms with Gasteiger partial charge in [0.05, 0.1) is 6.61 Å². The first-order valence-electron chi connectivity index (χ1n) is 9.74. The Morgan fingerprint density at radius 3 is 2.35 bits per heavy atom. The average molecular weight is 426 g/mol. The number of rotatable bonds is 6. The highest BCUT2D eigenvalue weighted by molar-refractivity contribution is 9.09. The second kappa shape index (κ2) is 11.1. The summed E-state index contributed by atoms with van der Waals surface area (Å²) in [6.45, 7) is 1.98. The Bertz CT molecular complexity index is 523. The summed E-state index contributed by atoms with van der Waals surface area (Å²) in [5.41, 5.74) is 0.820. The van der Waals surface area contributed by atoms with Gasteiger partial charge in [-0.05, 0) is 44.7 Å². The highest BCUT2D eigenvalue weighted by atomic mass is 79.9. The molecule has 1 aromatic carbocycles. The monoisotopic (exact) mass is 425 g/mol. The maximum Gasteiger partial charge on any atom is 0.316 e. The lowest BCUT2D eigenvalue weighted by Crippen LogP contribution is -2.43. The topological polar surface area (TPSA) is 49.8 Å². The van der Waals surface area contributed by atoms with Gasteiger partial charge in [-0.15, -0.1) is 0 Å². The fourth-order valence-electron chi connectivity index (χ4n) is 3.84. The molecule has 5 heteroatoms. The van der Waals surface area contributed by atoms with E-state index in [4.69, 9.17) is 4.74 Å². The Balaban J connectivity index is 0.000000431. The molecule has 3 rings (SSSR count). The van der Waals surface area contributed by atoms with E-state index >= 15 is 0 Å². The summed E-state index contributed by atoms with van der Waals surface area (Å²) in [6, 6.07) is 10.5. The van der Waals surface area contributed by atoms with E-state index in [2.05, 4.69) is 34.8 Å². The van der Waals surface area contributed by atoms with Crippen LogP contribution in [0.2, 0.25) is 0 Å². The van der Waals surface area contributed by atoms with Gasteiger partial charge in [0.25, 0.3) is 0 Å². The number of nitrogens with zero attached hydrogens (tertiary/aromatic N) is 1. The minimum atomic E-state index is -0.566. The quantitative estimate of drug-likeness (QED) is 0.550. The van der Waals surface area contributed by atoms with Gasteiger partial charge in [0.2, 0.25) is 0 Å². The van der Waals surface area contributed by atoms with Crippen LogP contribution in [0.15, 0.2) is 30.3 Å². The number of alkyl halides is 1. The van der Waals surface area contributed by atoms with Crippen LogP contribution in [0.25, 0.3) is 0 Å². The van der Waals surface area contributed by atoms with Crippen molar-refractivity contribution < 1.29 is 14.6 Å². The summed E-state index contributed by atoms with van der Waals surface area (Å²) in [4.78, 5) is 14.8. The highest BCUT2D eigenvalue weighted by Crippen LogP contribution is 2.36. The summed E-state index contributed by atoms with van der Waals surface area (Å²) in [6.07, 6.45) is 6.86. The van der Waals surface area contributed by atoms with E-state index in [-0.39, 0.29) is 18.7 Å². The number of unbranched alkanes of at least 4 members (excludes halogenated alkanes) is 1. The minimum absolute atomic E-state index is 0.00367. The fourth-order valence-corrected chi connectivity index (χ4v) is 4.40. The third-order valence-corrected chi connectivity index (χ3v) is 6.05. The maximum absolute atomic E-state index is 12.4. The van der Waals surface area contributed by atoms with E-state index in [1.165, 1.54) is 25.7 Å². The largest absolute Gasteiger partial charge is 0.462 e. The standard InChI is InChI=1S/C17H23NO3.C4H9Br/c1-18-13-7-8-14(18)10-15(9-13)21-17(20)16(11-19)12-5-3-2-4-6-12;1-2-3-4-5/h2-6,13-16,19H,7-11H2,1H3;2-4H2,1H3. The summed E-state index contributed by atoms with van der Waals surface area (Å²) in [5, 5.41) is 10.7. The Kier molecular flexibility index (Phi) is 9.09. The van der Waals surface area contributed by atoms with Crippen molar-refractivity contribution in [3.63, 3.8) is 0 Å². The van der Waals surface area contributed by atoms with Crippen molar-refractivity contribution in [2.24, 2.45) is 0 Å². The number of ether oxygens (including phenoxy) is 1. The first kappa shape index (κ1) is 21.4. The zero-order valence-electron chi connectivity index (χ0n) is 15.9. The summed E-state index contributed by atoms with van der Waals surface area (Å²) < 4.78 is 5.70. The lowest BCUT2D eigenvalue weighted by molar-refractivity contribution is -0.155. The van der Waals surface area contributed by atoms with E-state index in [0.717, 1.165) is 23.7 Å². The normalized spacial score (nSPS) is 25.9.